The number of aromatic amines is 1. The number of rotatable bonds is 2. The van der Waals surface area contributed by atoms with Crippen LogP contribution in [0.1, 0.15) is 17.7 Å². The summed E-state index contributed by atoms with van der Waals surface area (Å²) >= 11 is 0. The van der Waals surface area contributed by atoms with Gasteiger partial charge < -0.3 is 4.98 Å². The molecular weight excluding hydrogens is 179 g/mol. The standard InChI is InChI=1S/C9H7F3N/c1-2-3-4-7-5-6-13-8(7)9(10,11)12/h1,4-6,13H,3H2. The molecule has 0 unspecified atom stereocenters. The fourth-order valence-corrected chi connectivity index (χ4v) is 0.966. The molecule has 1 N–H and O–H groups in total. The fraction of sp³-hybridized carbons (Fsp3) is 0.222. The van der Waals surface area contributed by atoms with Crippen molar-refractivity contribution in [3.05, 3.63) is 29.9 Å². The summed E-state index contributed by atoms with van der Waals surface area (Å²) in [6.07, 6.45) is 3.39. The molecule has 0 bridgehead atoms. The quantitative estimate of drug-likeness (QED) is 0.683. The predicted molar refractivity (Wildman–Crippen MR) is 42.6 cm³/mol. The highest BCUT2D eigenvalue weighted by molar-refractivity contribution is 5.31. The first kappa shape index (κ1) is 9.72. The van der Waals surface area contributed by atoms with Gasteiger partial charge in [-0.15, -0.1) is 12.3 Å². The summed E-state index contributed by atoms with van der Waals surface area (Å²) in [5.74, 6) is 2.25. The Morgan fingerprint density at radius 2 is 2.23 bits per heavy atom. The molecule has 0 fully saturated rings. The number of hydrogen-bond acceptors (Lipinski definition) is 0. The van der Waals surface area contributed by atoms with Crippen molar-refractivity contribution < 1.29 is 13.2 Å². The summed E-state index contributed by atoms with van der Waals surface area (Å²) in [4.78, 5) is 2.13. The molecule has 1 rings (SSSR count). The van der Waals surface area contributed by atoms with Crippen LogP contribution in [0.4, 0.5) is 13.2 Å². The molecular formula is C9H7F3N. The van der Waals surface area contributed by atoms with Crippen molar-refractivity contribution in [2.24, 2.45) is 0 Å². The third-order valence-electron chi connectivity index (χ3n) is 1.50. The second kappa shape index (κ2) is 3.56. The molecule has 1 aromatic heterocycles. The van der Waals surface area contributed by atoms with Crippen LogP contribution in [-0.2, 0) is 6.18 Å². The van der Waals surface area contributed by atoms with Crippen LogP contribution in [0.15, 0.2) is 12.3 Å². The highest BCUT2D eigenvalue weighted by atomic mass is 19.4. The largest absolute Gasteiger partial charge is 0.431 e. The highest BCUT2D eigenvalue weighted by Crippen LogP contribution is 2.31. The van der Waals surface area contributed by atoms with Crippen LogP contribution in [0.5, 0.6) is 0 Å². The minimum absolute atomic E-state index is 0.102. The molecule has 13 heavy (non-hydrogen) atoms. The molecule has 0 aromatic carbocycles. The number of halogens is 3. The van der Waals surface area contributed by atoms with Crippen LogP contribution in [0.25, 0.3) is 0 Å². The van der Waals surface area contributed by atoms with Gasteiger partial charge in [0, 0.05) is 19.0 Å². The third-order valence-corrected chi connectivity index (χ3v) is 1.50. The molecule has 69 valence electrons. The zero-order valence-corrected chi connectivity index (χ0v) is 6.65. The van der Waals surface area contributed by atoms with Crippen molar-refractivity contribution in [3.63, 3.8) is 0 Å². The summed E-state index contributed by atoms with van der Waals surface area (Å²) in [6, 6.07) is 1.35. The summed E-state index contributed by atoms with van der Waals surface area (Å²) in [7, 11) is 0. The first-order valence-corrected chi connectivity index (χ1v) is 3.57. The molecule has 0 saturated heterocycles. The lowest BCUT2D eigenvalue weighted by atomic mass is 10.1. The monoisotopic (exact) mass is 186 g/mol. The van der Waals surface area contributed by atoms with E-state index in [2.05, 4.69) is 10.9 Å². The van der Waals surface area contributed by atoms with Gasteiger partial charge in [-0.05, 0) is 11.6 Å². The number of terminal acetylenes is 1. The van der Waals surface area contributed by atoms with Crippen molar-refractivity contribution in [1.82, 2.24) is 4.98 Å². The Hall–Kier alpha value is -1.37. The minimum atomic E-state index is -4.34. The van der Waals surface area contributed by atoms with E-state index in [1.165, 1.54) is 18.7 Å². The van der Waals surface area contributed by atoms with E-state index in [-0.39, 0.29) is 12.0 Å². The minimum Gasteiger partial charge on any atom is -0.357 e. The first-order valence-electron chi connectivity index (χ1n) is 3.57. The average Bonchev–Trinajstić information content (AvgIpc) is 2.47. The van der Waals surface area contributed by atoms with Crippen LogP contribution in [0.2, 0.25) is 0 Å². The zero-order chi connectivity index (χ0) is 9.90. The van der Waals surface area contributed by atoms with Gasteiger partial charge in [-0.2, -0.15) is 13.2 Å². The zero-order valence-electron chi connectivity index (χ0n) is 6.65. The fourth-order valence-electron chi connectivity index (χ4n) is 0.966. The van der Waals surface area contributed by atoms with Crippen LogP contribution < -0.4 is 0 Å². The van der Waals surface area contributed by atoms with Crippen LogP contribution in [-0.4, -0.2) is 4.98 Å². The van der Waals surface area contributed by atoms with Gasteiger partial charge in [0.05, 0.1) is 0 Å². The molecule has 1 aromatic rings. The second-order valence-electron chi connectivity index (χ2n) is 2.42. The Morgan fingerprint density at radius 3 is 2.77 bits per heavy atom. The molecule has 1 radical (unpaired) electrons. The van der Waals surface area contributed by atoms with E-state index in [0.29, 0.717) is 0 Å². The van der Waals surface area contributed by atoms with E-state index in [1.807, 2.05) is 0 Å². The number of nitrogens with one attached hydrogen (secondary N) is 1. The van der Waals surface area contributed by atoms with Crippen molar-refractivity contribution in [1.29, 1.82) is 0 Å². The molecule has 0 spiro atoms. The Balaban J connectivity index is 2.85. The van der Waals surface area contributed by atoms with E-state index in [4.69, 9.17) is 6.42 Å². The van der Waals surface area contributed by atoms with Gasteiger partial charge in [-0.25, -0.2) is 0 Å². The molecule has 4 heteroatoms. The van der Waals surface area contributed by atoms with E-state index in [0.717, 1.165) is 0 Å². The summed E-state index contributed by atoms with van der Waals surface area (Å²) in [5, 5.41) is 0. The Morgan fingerprint density at radius 1 is 1.54 bits per heavy atom. The number of H-pyrrole nitrogens is 1. The molecule has 0 aliphatic rings. The van der Waals surface area contributed by atoms with Crippen molar-refractivity contribution >= 4 is 0 Å². The predicted octanol–water partition coefficient (Wildman–Crippen LogP) is 2.61. The SMILES string of the molecule is C#CC[CH]c1cc[nH]c1C(F)(F)F. The van der Waals surface area contributed by atoms with Gasteiger partial charge in [0.2, 0.25) is 0 Å². The average molecular weight is 186 g/mol. The molecule has 1 nitrogen and oxygen atoms in total. The molecule has 0 atom stereocenters. The smallest absolute Gasteiger partial charge is 0.357 e. The topological polar surface area (TPSA) is 15.8 Å². The lowest BCUT2D eigenvalue weighted by molar-refractivity contribution is -0.141. The van der Waals surface area contributed by atoms with E-state index in [1.54, 1.807) is 0 Å². The number of hydrogen-bond donors (Lipinski definition) is 1. The van der Waals surface area contributed by atoms with Gasteiger partial charge in [0.1, 0.15) is 5.69 Å². The van der Waals surface area contributed by atoms with Gasteiger partial charge in [-0.1, -0.05) is 0 Å². The normalized spacial score (nSPS) is 11.2. The van der Waals surface area contributed by atoms with E-state index in [9.17, 15) is 13.2 Å². The number of alkyl halides is 3. The Labute approximate surface area is 74.0 Å². The van der Waals surface area contributed by atoms with Crippen molar-refractivity contribution in [2.45, 2.75) is 12.6 Å². The Kier molecular flexibility index (Phi) is 2.66. The summed E-state index contributed by atoms with van der Waals surface area (Å²) in [5.41, 5.74) is -0.645. The highest BCUT2D eigenvalue weighted by Gasteiger charge is 2.34. The summed E-state index contributed by atoms with van der Waals surface area (Å²) in [6.45, 7) is 0. The maximum Gasteiger partial charge on any atom is 0.431 e. The first-order chi connectivity index (χ1) is 6.05. The molecule has 0 saturated carbocycles. The van der Waals surface area contributed by atoms with Crippen molar-refractivity contribution in [2.75, 3.05) is 0 Å². The van der Waals surface area contributed by atoms with Gasteiger partial charge in [0.15, 0.2) is 0 Å². The lowest BCUT2D eigenvalue weighted by Gasteiger charge is -2.06. The maximum absolute atomic E-state index is 12.2. The summed E-state index contributed by atoms with van der Waals surface area (Å²) < 4.78 is 36.6. The molecule has 1 heterocycles. The molecule has 0 amide bonds. The molecule has 0 aliphatic carbocycles. The maximum atomic E-state index is 12.2. The Bertz CT molecular complexity index is 316. The van der Waals surface area contributed by atoms with E-state index < -0.39 is 11.9 Å². The van der Waals surface area contributed by atoms with Crippen LogP contribution >= 0.6 is 0 Å². The van der Waals surface area contributed by atoms with E-state index >= 15 is 0 Å². The van der Waals surface area contributed by atoms with Crippen molar-refractivity contribution in [3.8, 4) is 12.3 Å². The second-order valence-corrected chi connectivity index (χ2v) is 2.42. The lowest BCUT2D eigenvalue weighted by Crippen LogP contribution is -2.07. The molecule has 0 aliphatic heterocycles. The van der Waals surface area contributed by atoms with Crippen LogP contribution in [0.3, 0.4) is 0 Å². The third kappa shape index (κ3) is 2.28. The number of aromatic nitrogens is 1. The van der Waals surface area contributed by atoms with Gasteiger partial charge in [-0.3, -0.25) is 0 Å². The van der Waals surface area contributed by atoms with Gasteiger partial charge in [0.25, 0.3) is 0 Å². The van der Waals surface area contributed by atoms with Crippen LogP contribution in [0, 0.1) is 18.8 Å². The van der Waals surface area contributed by atoms with Gasteiger partial charge >= 0.3 is 6.18 Å².